The molecular weight excluding hydrogens is 286 g/mol. The van der Waals surface area contributed by atoms with Crippen molar-refractivity contribution in [2.45, 2.75) is 30.3 Å². The normalized spacial score (nSPS) is 23.5. The van der Waals surface area contributed by atoms with Crippen LogP contribution in [-0.2, 0) is 23.0 Å². The Labute approximate surface area is 127 Å². The minimum Gasteiger partial charge on any atom is -0.312 e. The molecule has 3 rings (SSSR count). The molecule has 0 saturated carbocycles. The number of sulfonamides is 1. The van der Waals surface area contributed by atoms with Crippen molar-refractivity contribution in [2.75, 3.05) is 33.7 Å². The Kier molecular flexibility index (Phi) is 4.05. The first-order valence-corrected chi connectivity index (χ1v) is 8.92. The summed E-state index contributed by atoms with van der Waals surface area (Å²) >= 11 is 0. The molecule has 1 atom stereocenters. The van der Waals surface area contributed by atoms with Crippen LogP contribution in [0.3, 0.4) is 0 Å². The number of benzene rings is 1. The van der Waals surface area contributed by atoms with E-state index >= 15 is 0 Å². The Morgan fingerprint density at radius 3 is 2.86 bits per heavy atom. The van der Waals surface area contributed by atoms with E-state index < -0.39 is 10.0 Å². The van der Waals surface area contributed by atoms with E-state index in [1.165, 1.54) is 0 Å². The molecule has 2 aliphatic heterocycles. The van der Waals surface area contributed by atoms with E-state index in [-0.39, 0.29) is 0 Å². The predicted molar refractivity (Wildman–Crippen MR) is 82.7 cm³/mol. The van der Waals surface area contributed by atoms with Crippen LogP contribution in [0.25, 0.3) is 0 Å². The van der Waals surface area contributed by atoms with Gasteiger partial charge >= 0.3 is 0 Å². The van der Waals surface area contributed by atoms with Gasteiger partial charge in [0.1, 0.15) is 0 Å². The highest BCUT2D eigenvalue weighted by Crippen LogP contribution is 2.28. The van der Waals surface area contributed by atoms with E-state index in [1.54, 1.807) is 10.4 Å². The lowest BCUT2D eigenvalue weighted by Gasteiger charge is -2.24. The van der Waals surface area contributed by atoms with Gasteiger partial charge in [0, 0.05) is 25.7 Å². The van der Waals surface area contributed by atoms with Gasteiger partial charge < -0.3 is 10.2 Å². The van der Waals surface area contributed by atoms with Crippen molar-refractivity contribution in [1.29, 1.82) is 0 Å². The van der Waals surface area contributed by atoms with E-state index in [0.717, 1.165) is 37.1 Å². The Bertz CT molecular complexity index is 628. The van der Waals surface area contributed by atoms with Crippen LogP contribution in [0.2, 0.25) is 0 Å². The first-order chi connectivity index (χ1) is 10.00. The summed E-state index contributed by atoms with van der Waals surface area (Å²) in [7, 11) is 0.654. The average molecular weight is 309 g/mol. The maximum Gasteiger partial charge on any atom is 0.243 e. The molecule has 116 valence electrons. The van der Waals surface area contributed by atoms with Gasteiger partial charge in [-0.3, -0.25) is 0 Å². The largest absolute Gasteiger partial charge is 0.312 e. The van der Waals surface area contributed by atoms with Gasteiger partial charge in [-0.2, -0.15) is 4.31 Å². The number of likely N-dealkylation sites (N-methyl/N-ethyl adjacent to an activating group) is 1. The van der Waals surface area contributed by atoms with E-state index in [9.17, 15) is 8.42 Å². The highest BCUT2D eigenvalue weighted by Gasteiger charge is 2.35. The fourth-order valence-corrected chi connectivity index (χ4v) is 5.02. The van der Waals surface area contributed by atoms with Crippen LogP contribution in [0, 0.1) is 0 Å². The number of nitrogens with one attached hydrogen (secondary N) is 1. The maximum absolute atomic E-state index is 13.0. The molecule has 1 fully saturated rings. The summed E-state index contributed by atoms with van der Waals surface area (Å²) in [5.41, 5.74) is 2.12. The molecule has 0 aromatic heterocycles. The molecule has 1 N–H and O–H groups in total. The second-order valence-electron chi connectivity index (χ2n) is 6.09. The molecule has 0 bridgehead atoms. The molecule has 0 spiro atoms. The summed E-state index contributed by atoms with van der Waals surface area (Å²) in [6.07, 6.45) is 1.69. The van der Waals surface area contributed by atoms with Gasteiger partial charge in [0.05, 0.1) is 4.90 Å². The smallest absolute Gasteiger partial charge is 0.243 e. The number of hydrogen-bond donors (Lipinski definition) is 1. The molecule has 2 aliphatic rings. The van der Waals surface area contributed by atoms with Crippen LogP contribution in [0.5, 0.6) is 0 Å². The zero-order valence-corrected chi connectivity index (χ0v) is 13.5. The highest BCUT2D eigenvalue weighted by molar-refractivity contribution is 7.89. The van der Waals surface area contributed by atoms with Gasteiger partial charge in [0.25, 0.3) is 0 Å². The van der Waals surface area contributed by atoms with Crippen LogP contribution in [-0.4, -0.2) is 57.4 Å². The lowest BCUT2D eigenvalue weighted by Crippen LogP contribution is -2.35. The fourth-order valence-electron chi connectivity index (χ4n) is 3.23. The molecule has 0 amide bonds. The summed E-state index contributed by atoms with van der Waals surface area (Å²) < 4.78 is 27.6. The van der Waals surface area contributed by atoms with E-state index in [2.05, 4.69) is 10.2 Å². The monoisotopic (exact) mass is 309 g/mol. The first-order valence-electron chi connectivity index (χ1n) is 7.48. The zero-order chi connectivity index (χ0) is 15.0. The lowest BCUT2D eigenvalue weighted by molar-refractivity contribution is 0.302. The quantitative estimate of drug-likeness (QED) is 0.891. The molecule has 2 heterocycles. The van der Waals surface area contributed by atoms with Gasteiger partial charge in [-0.05, 0) is 50.7 Å². The number of rotatable bonds is 3. The fraction of sp³-hybridized carbons (Fsp3) is 0.600. The topological polar surface area (TPSA) is 52.7 Å². The summed E-state index contributed by atoms with van der Waals surface area (Å²) in [4.78, 5) is 2.63. The zero-order valence-electron chi connectivity index (χ0n) is 12.7. The number of hydrogen-bond acceptors (Lipinski definition) is 4. The van der Waals surface area contributed by atoms with Crippen LogP contribution < -0.4 is 5.32 Å². The van der Waals surface area contributed by atoms with Crippen molar-refractivity contribution in [3.05, 3.63) is 29.3 Å². The summed E-state index contributed by atoms with van der Waals surface area (Å²) in [6.45, 7) is 2.82. The Hall–Kier alpha value is -0.950. The maximum atomic E-state index is 13.0. The lowest BCUT2D eigenvalue weighted by atomic mass is 10.0. The SMILES string of the molecule is CN(C)C1CCN(S(=O)(=O)c2cccc3c2CCNC3)C1. The van der Waals surface area contributed by atoms with Crippen molar-refractivity contribution in [2.24, 2.45) is 0 Å². The van der Waals surface area contributed by atoms with Gasteiger partial charge in [-0.25, -0.2) is 8.42 Å². The van der Waals surface area contributed by atoms with Crippen molar-refractivity contribution in [3.63, 3.8) is 0 Å². The third-order valence-corrected chi connectivity index (χ3v) is 6.52. The van der Waals surface area contributed by atoms with E-state index in [0.29, 0.717) is 24.0 Å². The highest BCUT2D eigenvalue weighted by atomic mass is 32.2. The number of fused-ring (bicyclic) bond motifs is 1. The van der Waals surface area contributed by atoms with Gasteiger partial charge in [-0.15, -0.1) is 0 Å². The van der Waals surface area contributed by atoms with Crippen LogP contribution in [0.1, 0.15) is 17.5 Å². The molecule has 1 aromatic carbocycles. The van der Waals surface area contributed by atoms with Gasteiger partial charge in [0.15, 0.2) is 0 Å². The number of nitrogens with zero attached hydrogens (tertiary/aromatic N) is 2. The molecule has 6 heteroatoms. The van der Waals surface area contributed by atoms with E-state index in [1.807, 2.05) is 26.2 Å². The summed E-state index contributed by atoms with van der Waals surface area (Å²) in [5, 5.41) is 3.30. The summed E-state index contributed by atoms with van der Waals surface area (Å²) in [6, 6.07) is 5.97. The predicted octanol–water partition coefficient (Wildman–Crippen LogP) is 0.657. The van der Waals surface area contributed by atoms with Crippen molar-refractivity contribution in [1.82, 2.24) is 14.5 Å². The molecule has 1 aromatic rings. The van der Waals surface area contributed by atoms with E-state index in [4.69, 9.17) is 0 Å². The molecule has 21 heavy (non-hydrogen) atoms. The molecule has 0 radical (unpaired) electrons. The second kappa shape index (κ2) is 5.68. The van der Waals surface area contributed by atoms with Crippen molar-refractivity contribution >= 4 is 10.0 Å². The Morgan fingerprint density at radius 1 is 1.33 bits per heavy atom. The van der Waals surface area contributed by atoms with Crippen LogP contribution >= 0.6 is 0 Å². The van der Waals surface area contributed by atoms with Crippen molar-refractivity contribution < 1.29 is 8.42 Å². The van der Waals surface area contributed by atoms with Crippen LogP contribution in [0.4, 0.5) is 0 Å². The average Bonchev–Trinajstić information content (AvgIpc) is 2.97. The van der Waals surface area contributed by atoms with Crippen molar-refractivity contribution in [3.8, 4) is 0 Å². The van der Waals surface area contributed by atoms with Gasteiger partial charge in [0.2, 0.25) is 10.0 Å². The first kappa shape index (κ1) is 15.0. The second-order valence-corrected chi connectivity index (χ2v) is 8.00. The molecule has 1 saturated heterocycles. The molecule has 1 unspecified atom stereocenters. The molecule has 0 aliphatic carbocycles. The van der Waals surface area contributed by atoms with Crippen LogP contribution in [0.15, 0.2) is 23.1 Å². The third kappa shape index (κ3) is 2.73. The third-order valence-electron chi connectivity index (χ3n) is 4.57. The molecular formula is C15H23N3O2S. The standard InChI is InChI=1S/C15H23N3O2S/c1-17(2)13-7-9-18(11-13)21(19,20)15-5-3-4-12-10-16-8-6-14(12)15/h3-5,13,16H,6-11H2,1-2H3. The summed E-state index contributed by atoms with van der Waals surface area (Å²) in [5.74, 6) is 0. The Morgan fingerprint density at radius 2 is 2.14 bits per heavy atom. The minimum absolute atomic E-state index is 0.320. The van der Waals surface area contributed by atoms with Gasteiger partial charge in [-0.1, -0.05) is 12.1 Å². The Balaban J connectivity index is 1.93. The minimum atomic E-state index is -3.37. The molecule has 5 nitrogen and oxygen atoms in total.